The zero-order chi connectivity index (χ0) is 15.5. The molecule has 0 atom stereocenters. The summed E-state index contributed by atoms with van der Waals surface area (Å²) in [6.07, 6.45) is 0. The second-order valence-corrected chi connectivity index (χ2v) is 6.57. The Kier molecular flexibility index (Phi) is 4.49. The lowest BCUT2D eigenvalue weighted by atomic mass is 10.2. The molecule has 2 rings (SSSR count). The molecule has 8 heteroatoms. The first-order valence-electron chi connectivity index (χ1n) is 5.80. The maximum absolute atomic E-state index is 12.4. The first-order valence-corrected chi connectivity index (χ1v) is 8.07. The van der Waals surface area contributed by atoms with Crippen LogP contribution in [-0.4, -0.2) is 19.5 Å². The Balaban J connectivity index is 2.46. The van der Waals surface area contributed by atoms with Crippen molar-refractivity contribution in [2.75, 3.05) is 4.72 Å². The average molecular weight is 370 g/mol. The molecule has 2 aromatic rings. The molecule has 0 aliphatic heterocycles. The number of amidine groups is 1. The molecule has 0 unspecified atom stereocenters. The number of nitrogens with two attached hydrogens (primary N) is 1. The number of nitrogens with zero attached hydrogens (tertiary/aromatic N) is 1. The highest BCUT2D eigenvalue weighted by Gasteiger charge is 2.19. The van der Waals surface area contributed by atoms with Crippen molar-refractivity contribution in [1.82, 2.24) is 0 Å². The summed E-state index contributed by atoms with van der Waals surface area (Å²) in [5, 5.41) is 11.6. The predicted octanol–water partition coefficient (Wildman–Crippen LogP) is 2.34. The first-order chi connectivity index (χ1) is 9.95. The van der Waals surface area contributed by atoms with E-state index < -0.39 is 10.0 Å². The molecular formula is C13H12BrN3O3S. The van der Waals surface area contributed by atoms with Crippen LogP contribution in [0.2, 0.25) is 0 Å². The summed E-state index contributed by atoms with van der Waals surface area (Å²) in [7, 11) is -3.80. The van der Waals surface area contributed by atoms with Crippen molar-refractivity contribution in [3.05, 3.63) is 58.6 Å². The monoisotopic (exact) mass is 369 g/mol. The number of anilines is 1. The fourth-order valence-electron chi connectivity index (χ4n) is 1.71. The summed E-state index contributed by atoms with van der Waals surface area (Å²) in [5.41, 5.74) is 6.05. The molecule has 110 valence electrons. The fourth-order valence-corrected chi connectivity index (χ4v) is 3.80. The molecule has 0 aromatic heterocycles. The van der Waals surface area contributed by atoms with Gasteiger partial charge in [-0.2, -0.15) is 0 Å². The van der Waals surface area contributed by atoms with Gasteiger partial charge in [-0.3, -0.25) is 4.72 Å². The van der Waals surface area contributed by atoms with Crippen molar-refractivity contribution in [2.45, 2.75) is 4.90 Å². The summed E-state index contributed by atoms with van der Waals surface area (Å²) >= 11 is 3.20. The van der Waals surface area contributed by atoms with E-state index in [1.54, 1.807) is 36.4 Å². The van der Waals surface area contributed by atoms with Gasteiger partial charge in [-0.15, -0.1) is 0 Å². The van der Waals surface area contributed by atoms with Crippen LogP contribution >= 0.6 is 15.9 Å². The molecular weight excluding hydrogens is 358 g/mol. The van der Waals surface area contributed by atoms with E-state index in [9.17, 15) is 8.42 Å². The molecule has 0 bridgehead atoms. The van der Waals surface area contributed by atoms with Gasteiger partial charge in [0.25, 0.3) is 10.0 Å². The highest BCUT2D eigenvalue weighted by molar-refractivity contribution is 9.10. The van der Waals surface area contributed by atoms with Crippen molar-refractivity contribution in [3.8, 4) is 0 Å². The van der Waals surface area contributed by atoms with Crippen molar-refractivity contribution in [2.24, 2.45) is 10.9 Å². The van der Waals surface area contributed by atoms with Gasteiger partial charge in [0.05, 0.1) is 5.69 Å². The number of rotatable bonds is 4. The highest BCUT2D eigenvalue weighted by atomic mass is 79.9. The van der Waals surface area contributed by atoms with Crippen LogP contribution in [0.25, 0.3) is 0 Å². The van der Waals surface area contributed by atoms with E-state index in [4.69, 9.17) is 10.9 Å². The molecule has 0 aliphatic rings. The van der Waals surface area contributed by atoms with Crippen LogP contribution in [0.4, 0.5) is 5.69 Å². The molecule has 2 aromatic carbocycles. The Hall–Kier alpha value is -2.06. The topological polar surface area (TPSA) is 105 Å². The molecule has 0 aliphatic carbocycles. The van der Waals surface area contributed by atoms with Gasteiger partial charge >= 0.3 is 0 Å². The Morgan fingerprint density at radius 3 is 2.43 bits per heavy atom. The van der Waals surface area contributed by atoms with Crippen molar-refractivity contribution >= 4 is 37.5 Å². The van der Waals surface area contributed by atoms with Crippen LogP contribution in [0.15, 0.2) is 63.1 Å². The van der Waals surface area contributed by atoms with Gasteiger partial charge in [0, 0.05) is 10.0 Å². The van der Waals surface area contributed by atoms with Crippen LogP contribution in [0, 0.1) is 0 Å². The molecule has 0 fully saturated rings. The molecule has 0 spiro atoms. The third kappa shape index (κ3) is 3.34. The summed E-state index contributed by atoms with van der Waals surface area (Å²) in [5.74, 6) is -0.180. The normalized spacial score (nSPS) is 12.1. The number of para-hydroxylation sites is 1. The Labute approximate surface area is 130 Å². The Morgan fingerprint density at radius 1 is 1.14 bits per heavy atom. The Morgan fingerprint density at radius 2 is 1.76 bits per heavy atom. The van der Waals surface area contributed by atoms with E-state index in [2.05, 4.69) is 25.8 Å². The maximum Gasteiger partial charge on any atom is 0.263 e. The van der Waals surface area contributed by atoms with E-state index in [0.717, 1.165) is 0 Å². The second kappa shape index (κ2) is 6.15. The van der Waals surface area contributed by atoms with Crippen LogP contribution in [0.3, 0.4) is 0 Å². The van der Waals surface area contributed by atoms with E-state index in [-0.39, 0.29) is 22.0 Å². The van der Waals surface area contributed by atoms with E-state index >= 15 is 0 Å². The number of halogens is 1. The molecule has 0 heterocycles. The fraction of sp³-hybridized carbons (Fsp3) is 0. The lowest BCUT2D eigenvalue weighted by Gasteiger charge is -2.12. The highest BCUT2D eigenvalue weighted by Crippen LogP contribution is 2.25. The average Bonchev–Trinajstić information content (AvgIpc) is 2.47. The van der Waals surface area contributed by atoms with Crippen molar-refractivity contribution < 1.29 is 13.6 Å². The molecule has 6 nitrogen and oxygen atoms in total. The number of hydrogen-bond acceptors (Lipinski definition) is 4. The minimum Gasteiger partial charge on any atom is -0.409 e. The van der Waals surface area contributed by atoms with Crippen LogP contribution in [-0.2, 0) is 10.0 Å². The molecule has 0 saturated heterocycles. The van der Waals surface area contributed by atoms with E-state index in [1.165, 1.54) is 12.1 Å². The third-order valence-corrected chi connectivity index (χ3v) is 5.06. The quantitative estimate of drug-likeness (QED) is 0.333. The number of sulfonamides is 1. The minimum atomic E-state index is -3.80. The third-order valence-electron chi connectivity index (χ3n) is 2.68. The zero-order valence-electron chi connectivity index (χ0n) is 10.7. The molecule has 0 amide bonds. The van der Waals surface area contributed by atoms with Gasteiger partial charge in [-0.05, 0) is 40.2 Å². The summed E-state index contributed by atoms with van der Waals surface area (Å²) in [6.45, 7) is 0. The number of nitrogens with one attached hydrogen (secondary N) is 1. The molecule has 0 saturated carbocycles. The van der Waals surface area contributed by atoms with Gasteiger partial charge in [-0.25, -0.2) is 8.42 Å². The van der Waals surface area contributed by atoms with Gasteiger partial charge in [0.15, 0.2) is 5.84 Å². The predicted molar refractivity (Wildman–Crippen MR) is 83.9 cm³/mol. The number of benzene rings is 2. The van der Waals surface area contributed by atoms with Crippen molar-refractivity contribution in [3.63, 3.8) is 0 Å². The van der Waals surface area contributed by atoms with Crippen molar-refractivity contribution in [1.29, 1.82) is 0 Å². The maximum atomic E-state index is 12.4. The Bertz CT molecular complexity index is 791. The smallest absolute Gasteiger partial charge is 0.263 e. The van der Waals surface area contributed by atoms with Gasteiger partial charge in [-0.1, -0.05) is 29.4 Å². The van der Waals surface area contributed by atoms with Gasteiger partial charge in [0.2, 0.25) is 0 Å². The van der Waals surface area contributed by atoms with Crippen LogP contribution in [0.5, 0.6) is 0 Å². The number of hydrogen-bond donors (Lipinski definition) is 3. The van der Waals surface area contributed by atoms with E-state index in [0.29, 0.717) is 4.47 Å². The second-order valence-electron chi connectivity index (χ2n) is 4.07. The minimum absolute atomic E-state index is 0.0966. The zero-order valence-corrected chi connectivity index (χ0v) is 13.1. The van der Waals surface area contributed by atoms with Gasteiger partial charge < -0.3 is 10.9 Å². The number of oxime groups is 1. The van der Waals surface area contributed by atoms with Gasteiger partial charge in [0.1, 0.15) is 4.90 Å². The van der Waals surface area contributed by atoms with Crippen LogP contribution in [0.1, 0.15) is 5.56 Å². The lowest BCUT2D eigenvalue weighted by molar-refractivity contribution is 0.318. The molecule has 21 heavy (non-hydrogen) atoms. The SMILES string of the molecule is N/C(=N/O)c1ccccc1NS(=O)(=O)c1ccccc1Br. The summed E-state index contributed by atoms with van der Waals surface area (Å²) in [6, 6.07) is 12.8. The first kappa shape index (κ1) is 15.3. The summed E-state index contributed by atoms with van der Waals surface area (Å²) < 4.78 is 27.7. The van der Waals surface area contributed by atoms with E-state index in [1.807, 2.05) is 0 Å². The lowest BCUT2D eigenvalue weighted by Crippen LogP contribution is -2.19. The van der Waals surface area contributed by atoms with Crippen LogP contribution < -0.4 is 10.5 Å². The molecule has 0 radical (unpaired) electrons. The summed E-state index contributed by atoms with van der Waals surface area (Å²) in [4.78, 5) is 0.0966. The molecule has 4 N–H and O–H groups in total. The standard InChI is InChI=1S/C13H12BrN3O3S/c14-10-6-2-4-8-12(10)21(19,20)17-11-7-3-1-5-9(11)13(15)16-18/h1-8,17-18H,(H2,15,16). The largest absolute Gasteiger partial charge is 0.409 e.